The second-order valence-corrected chi connectivity index (χ2v) is 4.56. The molecular weight excluding hydrogens is 206 g/mol. The summed E-state index contributed by atoms with van der Waals surface area (Å²) in [6.07, 6.45) is 1.00. The van der Waals surface area contributed by atoms with Gasteiger partial charge >= 0.3 is 0 Å². The van der Waals surface area contributed by atoms with Crippen LogP contribution in [-0.2, 0) is 6.42 Å². The van der Waals surface area contributed by atoms with Crippen molar-refractivity contribution in [3.8, 4) is 0 Å². The standard InChI is InChI=1S/C16H19N/c1-12-7-8-13(2)15(9-12)10-14-5-4-6-16(11-14)17-3/h4-9,11,17H,10H2,1-3H3. The molecule has 0 aliphatic carbocycles. The van der Waals surface area contributed by atoms with Gasteiger partial charge in [-0.05, 0) is 49.1 Å². The maximum absolute atomic E-state index is 3.18. The Labute approximate surface area is 103 Å². The number of hydrogen-bond donors (Lipinski definition) is 1. The first kappa shape index (κ1) is 11.7. The van der Waals surface area contributed by atoms with E-state index in [9.17, 15) is 0 Å². The number of aryl methyl sites for hydroxylation is 2. The highest BCUT2D eigenvalue weighted by Crippen LogP contribution is 2.18. The summed E-state index contributed by atoms with van der Waals surface area (Å²) >= 11 is 0. The zero-order valence-corrected chi connectivity index (χ0v) is 10.7. The Morgan fingerprint density at radius 1 is 1.00 bits per heavy atom. The lowest BCUT2D eigenvalue weighted by Crippen LogP contribution is -1.94. The lowest BCUT2D eigenvalue weighted by molar-refractivity contribution is 1.14. The van der Waals surface area contributed by atoms with E-state index in [0.717, 1.165) is 6.42 Å². The number of rotatable bonds is 3. The molecule has 0 aliphatic rings. The number of hydrogen-bond acceptors (Lipinski definition) is 1. The first-order chi connectivity index (χ1) is 8.19. The van der Waals surface area contributed by atoms with Gasteiger partial charge in [0.2, 0.25) is 0 Å². The molecule has 0 fully saturated rings. The molecule has 0 aromatic heterocycles. The van der Waals surface area contributed by atoms with Crippen LogP contribution in [0.5, 0.6) is 0 Å². The van der Waals surface area contributed by atoms with Crippen molar-refractivity contribution in [2.45, 2.75) is 20.3 Å². The summed E-state index contributed by atoms with van der Waals surface area (Å²) in [5, 5.41) is 3.18. The Bertz CT molecular complexity index is 515. The molecule has 0 saturated heterocycles. The van der Waals surface area contributed by atoms with Crippen LogP contribution >= 0.6 is 0 Å². The summed E-state index contributed by atoms with van der Waals surface area (Å²) < 4.78 is 0. The van der Waals surface area contributed by atoms with Gasteiger partial charge in [0.05, 0.1) is 0 Å². The monoisotopic (exact) mass is 225 g/mol. The van der Waals surface area contributed by atoms with Crippen LogP contribution < -0.4 is 5.32 Å². The van der Waals surface area contributed by atoms with Crippen LogP contribution in [0, 0.1) is 13.8 Å². The Balaban J connectivity index is 2.27. The van der Waals surface area contributed by atoms with Crippen molar-refractivity contribution in [1.82, 2.24) is 0 Å². The van der Waals surface area contributed by atoms with Crippen LogP contribution in [0.1, 0.15) is 22.3 Å². The van der Waals surface area contributed by atoms with E-state index >= 15 is 0 Å². The zero-order valence-electron chi connectivity index (χ0n) is 10.7. The molecule has 88 valence electrons. The molecule has 0 radical (unpaired) electrons. The SMILES string of the molecule is CNc1cccc(Cc2cc(C)ccc2C)c1. The van der Waals surface area contributed by atoms with E-state index in [0.29, 0.717) is 0 Å². The lowest BCUT2D eigenvalue weighted by atomic mass is 9.98. The summed E-state index contributed by atoms with van der Waals surface area (Å²) in [5.74, 6) is 0. The first-order valence-electron chi connectivity index (χ1n) is 6.02. The molecular formula is C16H19N. The van der Waals surface area contributed by atoms with Gasteiger partial charge in [-0.15, -0.1) is 0 Å². The minimum Gasteiger partial charge on any atom is -0.388 e. The van der Waals surface area contributed by atoms with Gasteiger partial charge in [0.15, 0.2) is 0 Å². The second kappa shape index (κ2) is 5.05. The zero-order chi connectivity index (χ0) is 12.3. The van der Waals surface area contributed by atoms with Gasteiger partial charge in [0.25, 0.3) is 0 Å². The highest BCUT2D eigenvalue weighted by Gasteiger charge is 2.01. The van der Waals surface area contributed by atoms with Crippen molar-refractivity contribution in [1.29, 1.82) is 0 Å². The number of anilines is 1. The molecule has 0 unspecified atom stereocenters. The maximum Gasteiger partial charge on any atom is 0.0340 e. The van der Waals surface area contributed by atoms with Crippen LogP contribution in [-0.4, -0.2) is 7.05 Å². The summed E-state index contributed by atoms with van der Waals surface area (Å²) in [7, 11) is 1.96. The van der Waals surface area contributed by atoms with Crippen molar-refractivity contribution < 1.29 is 0 Å². The normalized spacial score (nSPS) is 10.3. The molecule has 2 rings (SSSR count). The van der Waals surface area contributed by atoms with E-state index in [1.807, 2.05) is 7.05 Å². The fourth-order valence-corrected chi connectivity index (χ4v) is 2.05. The van der Waals surface area contributed by atoms with E-state index in [4.69, 9.17) is 0 Å². The third-order valence-corrected chi connectivity index (χ3v) is 3.11. The van der Waals surface area contributed by atoms with Crippen molar-refractivity contribution in [3.63, 3.8) is 0 Å². The van der Waals surface area contributed by atoms with Gasteiger partial charge in [-0.25, -0.2) is 0 Å². The van der Waals surface area contributed by atoms with Crippen molar-refractivity contribution >= 4 is 5.69 Å². The van der Waals surface area contributed by atoms with E-state index in [1.54, 1.807) is 0 Å². The van der Waals surface area contributed by atoms with Crippen LogP contribution in [0.15, 0.2) is 42.5 Å². The summed E-state index contributed by atoms with van der Waals surface area (Å²) in [6, 6.07) is 15.2. The molecule has 1 nitrogen and oxygen atoms in total. The predicted molar refractivity (Wildman–Crippen MR) is 74.7 cm³/mol. The Morgan fingerprint density at radius 2 is 1.82 bits per heavy atom. The third-order valence-electron chi connectivity index (χ3n) is 3.11. The van der Waals surface area contributed by atoms with E-state index < -0.39 is 0 Å². The highest BCUT2D eigenvalue weighted by atomic mass is 14.8. The van der Waals surface area contributed by atoms with Gasteiger partial charge in [-0.2, -0.15) is 0 Å². The summed E-state index contributed by atoms with van der Waals surface area (Å²) in [6.45, 7) is 4.32. The fourth-order valence-electron chi connectivity index (χ4n) is 2.05. The minimum absolute atomic E-state index is 1.00. The van der Waals surface area contributed by atoms with Crippen LogP contribution in [0.3, 0.4) is 0 Å². The van der Waals surface area contributed by atoms with Crippen LogP contribution in [0.4, 0.5) is 5.69 Å². The highest BCUT2D eigenvalue weighted by molar-refractivity contribution is 5.46. The minimum atomic E-state index is 1.00. The van der Waals surface area contributed by atoms with Crippen LogP contribution in [0.25, 0.3) is 0 Å². The predicted octanol–water partition coefficient (Wildman–Crippen LogP) is 3.94. The van der Waals surface area contributed by atoms with Crippen molar-refractivity contribution in [2.24, 2.45) is 0 Å². The number of nitrogens with one attached hydrogen (secondary N) is 1. The molecule has 0 saturated carbocycles. The molecule has 0 heterocycles. The Morgan fingerprint density at radius 3 is 2.59 bits per heavy atom. The van der Waals surface area contributed by atoms with Gasteiger partial charge < -0.3 is 5.32 Å². The molecule has 2 aromatic rings. The van der Waals surface area contributed by atoms with Crippen molar-refractivity contribution in [2.75, 3.05) is 12.4 Å². The second-order valence-electron chi connectivity index (χ2n) is 4.56. The maximum atomic E-state index is 3.18. The Hall–Kier alpha value is -1.76. The molecule has 2 aromatic carbocycles. The van der Waals surface area contributed by atoms with Gasteiger partial charge in [0.1, 0.15) is 0 Å². The van der Waals surface area contributed by atoms with E-state index in [1.165, 1.54) is 27.9 Å². The molecule has 0 aliphatic heterocycles. The lowest BCUT2D eigenvalue weighted by Gasteiger charge is -2.08. The molecule has 0 atom stereocenters. The molecule has 0 spiro atoms. The average Bonchev–Trinajstić information content (AvgIpc) is 2.34. The molecule has 0 amide bonds. The van der Waals surface area contributed by atoms with E-state index in [2.05, 4.69) is 61.6 Å². The van der Waals surface area contributed by atoms with Crippen LogP contribution in [0.2, 0.25) is 0 Å². The summed E-state index contributed by atoms with van der Waals surface area (Å²) in [5.41, 5.74) is 6.64. The molecule has 1 N–H and O–H groups in total. The number of benzene rings is 2. The first-order valence-corrected chi connectivity index (χ1v) is 6.02. The molecule has 17 heavy (non-hydrogen) atoms. The molecule has 0 bridgehead atoms. The Kier molecular flexibility index (Phi) is 3.48. The van der Waals surface area contributed by atoms with E-state index in [-0.39, 0.29) is 0 Å². The largest absolute Gasteiger partial charge is 0.388 e. The van der Waals surface area contributed by atoms with Gasteiger partial charge in [0, 0.05) is 12.7 Å². The topological polar surface area (TPSA) is 12.0 Å². The fraction of sp³-hybridized carbons (Fsp3) is 0.250. The molecule has 1 heteroatoms. The van der Waals surface area contributed by atoms with Gasteiger partial charge in [-0.3, -0.25) is 0 Å². The van der Waals surface area contributed by atoms with Crippen molar-refractivity contribution in [3.05, 3.63) is 64.7 Å². The third kappa shape index (κ3) is 2.88. The quantitative estimate of drug-likeness (QED) is 0.834. The average molecular weight is 225 g/mol. The van der Waals surface area contributed by atoms with Gasteiger partial charge in [-0.1, -0.05) is 35.9 Å². The smallest absolute Gasteiger partial charge is 0.0340 e. The summed E-state index contributed by atoms with van der Waals surface area (Å²) in [4.78, 5) is 0.